The monoisotopic (exact) mass is 356 g/mol. The quantitative estimate of drug-likeness (QED) is 0.621. The number of esters is 1. The Kier molecular flexibility index (Phi) is 4.70. The summed E-state index contributed by atoms with van der Waals surface area (Å²) in [6, 6.07) is 21.7. The zero-order chi connectivity index (χ0) is 16.5. The van der Waals surface area contributed by atoms with Crippen molar-refractivity contribution in [3.05, 3.63) is 60.7 Å². The van der Waals surface area contributed by atoms with Gasteiger partial charge in [0.15, 0.2) is 0 Å². The molecule has 0 spiro atoms. The summed E-state index contributed by atoms with van der Waals surface area (Å²) in [6.07, 6.45) is 3.49. The number of carbonyl (C=O) groups is 1. The van der Waals surface area contributed by atoms with Crippen LogP contribution in [-0.4, -0.2) is 23.9 Å². The van der Waals surface area contributed by atoms with Crippen molar-refractivity contribution in [1.29, 1.82) is 0 Å². The van der Waals surface area contributed by atoms with Crippen molar-refractivity contribution < 1.29 is 9.53 Å². The summed E-state index contributed by atoms with van der Waals surface area (Å²) >= 11 is 0. The van der Waals surface area contributed by atoms with Crippen molar-refractivity contribution in [3.63, 3.8) is 0 Å². The largest absolute Gasteiger partial charge is 0.462 e. The molecule has 5 atom stereocenters. The fraction of sp³-hybridized carbons (Fsp3) is 0.350. The summed E-state index contributed by atoms with van der Waals surface area (Å²) < 4.78 is 5.57. The van der Waals surface area contributed by atoms with Crippen LogP contribution in [0.1, 0.15) is 12.8 Å². The maximum Gasteiger partial charge on any atom is 0.313 e. The normalized spacial score (nSPS) is 28.8. The van der Waals surface area contributed by atoms with Crippen molar-refractivity contribution in [2.24, 2.45) is 11.8 Å². The van der Waals surface area contributed by atoms with E-state index in [0.717, 1.165) is 12.6 Å². The molecule has 0 radical (unpaired) electrons. The predicted molar refractivity (Wildman–Crippen MR) is 104 cm³/mol. The van der Waals surface area contributed by atoms with Gasteiger partial charge in [0.05, 0.1) is 5.66 Å². The minimum absolute atomic E-state index is 0.0223. The molecule has 1 heterocycles. The highest BCUT2D eigenvalue weighted by Crippen LogP contribution is 2.49. The van der Waals surface area contributed by atoms with E-state index in [9.17, 15) is 4.79 Å². The summed E-state index contributed by atoms with van der Waals surface area (Å²) in [6.45, 7) is 0. The Hall–Kier alpha value is -1.23. The van der Waals surface area contributed by atoms with E-state index in [1.54, 1.807) is 0 Å². The van der Waals surface area contributed by atoms with Crippen LogP contribution in [0.15, 0.2) is 60.7 Å². The highest BCUT2D eigenvalue weighted by Gasteiger charge is 2.50. The number of hydrogen-bond acceptors (Lipinski definition) is 2. The van der Waals surface area contributed by atoms with Crippen LogP contribution in [0.3, 0.4) is 0 Å². The van der Waals surface area contributed by atoms with Gasteiger partial charge in [0.2, 0.25) is 0 Å². The minimum Gasteiger partial charge on any atom is -0.462 e. The van der Waals surface area contributed by atoms with E-state index in [1.165, 1.54) is 17.0 Å². The number of rotatable bonds is 4. The third-order valence-corrected chi connectivity index (χ3v) is 8.70. The standard InChI is InChI=1S/C20H22O2P2/c21-20-19(23)18-14(11-12-17(18)22-20)13-24(15-7-3-1-4-8-15)16-9-5-2-6-10-16/h1-10,14,17-19H,11-13,23H2. The molecule has 1 aliphatic carbocycles. The fourth-order valence-electron chi connectivity index (χ4n) is 4.14. The Morgan fingerprint density at radius 1 is 0.958 bits per heavy atom. The molecule has 1 saturated heterocycles. The van der Waals surface area contributed by atoms with E-state index >= 15 is 0 Å². The maximum atomic E-state index is 11.9. The van der Waals surface area contributed by atoms with Gasteiger partial charge in [0.25, 0.3) is 0 Å². The van der Waals surface area contributed by atoms with Gasteiger partial charge in [-0.05, 0) is 43.5 Å². The first kappa shape index (κ1) is 16.2. The summed E-state index contributed by atoms with van der Waals surface area (Å²) in [5, 5.41) is 2.85. The van der Waals surface area contributed by atoms with Crippen molar-refractivity contribution in [2.45, 2.75) is 24.6 Å². The second-order valence-corrected chi connectivity index (χ2v) is 9.67. The highest BCUT2D eigenvalue weighted by molar-refractivity contribution is 7.73. The van der Waals surface area contributed by atoms with Gasteiger partial charge >= 0.3 is 5.97 Å². The Morgan fingerprint density at radius 3 is 2.12 bits per heavy atom. The summed E-state index contributed by atoms with van der Waals surface area (Å²) in [7, 11) is 2.34. The van der Waals surface area contributed by atoms with Gasteiger partial charge in [-0.15, -0.1) is 9.24 Å². The van der Waals surface area contributed by atoms with Crippen LogP contribution in [0.25, 0.3) is 0 Å². The molecular formula is C20H22O2P2. The van der Waals surface area contributed by atoms with Gasteiger partial charge in [0, 0.05) is 5.92 Å². The zero-order valence-electron chi connectivity index (χ0n) is 13.5. The lowest BCUT2D eigenvalue weighted by molar-refractivity contribution is -0.141. The van der Waals surface area contributed by atoms with Gasteiger partial charge in [-0.25, -0.2) is 0 Å². The lowest BCUT2D eigenvalue weighted by Gasteiger charge is -2.26. The molecule has 124 valence electrons. The SMILES string of the molecule is O=C1OC2CCC(CP(c3ccccc3)c3ccccc3)C2C1P. The third kappa shape index (κ3) is 3.03. The summed E-state index contributed by atoms with van der Waals surface area (Å²) in [5.41, 5.74) is -0.0223. The second-order valence-electron chi connectivity index (χ2n) is 6.70. The fourth-order valence-corrected chi connectivity index (χ4v) is 7.46. The molecule has 24 heavy (non-hydrogen) atoms. The van der Waals surface area contributed by atoms with Crippen LogP contribution in [-0.2, 0) is 9.53 Å². The van der Waals surface area contributed by atoms with E-state index in [2.05, 4.69) is 69.9 Å². The van der Waals surface area contributed by atoms with Crippen LogP contribution in [0.2, 0.25) is 0 Å². The minimum atomic E-state index is -0.395. The molecule has 2 aromatic carbocycles. The molecule has 0 amide bonds. The van der Waals surface area contributed by atoms with Gasteiger partial charge in [-0.2, -0.15) is 0 Å². The van der Waals surface area contributed by atoms with Crippen LogP contribution in [0.5, 0.6) is 0 Å². The average Bonchev–Trinajstić information content (AvgIpc) is 3.14. The molecule has 5 unspecified atom stereocenters. The molecule has 1 aliphatic heterocycles. The molecule has 2 aromatic rings. The number of fused-ring (bicyclic) bond motifs is 1. The molecule has 2 nitrogen and oxygen atoms in total. The van der Waals surface area contributed by atoms with Crippen LogP contribution >= 0.6 is 17.2 Å². The van der Waals surface area contributed by atoms with Crippen LogP contribution in [0, 0.1) is 11.8 Å². The Bertz CT molecular complexity index is 665. The van der Waals surface area contributed by atoms with Crippen LogP contribution < -0.4 is 10.6 Å². The van der Waals surface area contributed by atoms with E-state index < -0.39 is 7.92 Å². The van der Waals surface area contributed by atoms with E-state index in [0.29, 0.717) is 11.8 Å². The molecular weight excluding hydrogens is 334 g/mol. The Morgan fingerprint density at radius 2 is 1.54 bits per heavy atom. The molecule has 1 saturated carbocycles. The third-order valence-electron chi connectivity index (χ3n) is 5.30. The number of ether oxygens (including phenoxy) is 1. The topological polar surface area (TPSA) is 26.3 Å². The van der Waals surface area contributed by atoms with E-state index in [-0.39, 0.29) is 17.7 Å². The summed E-state index contributed by atoms with van der Waals surface area (Å²) in [5.74, 6) is 0.916. The number of carbonyl (C=O) groups excluding carboxylic acids is 1. The van der Waals surface area contributed by atoms with Crippen molar-refractivity contribution >= 4 is 33.7 Å². The number of benzene rings is 2. The lowest BCUT2D eigenvalue weighted by atomic mass is 9.94. The Labute approximate surface area is 147 Å². The van der Waals surface area contributed by atoms with Gasteiger partial charge < -0.3 is 4.74 Å². The molecule has 0 aromatic heterocycles. The summed E-state index contributed by atoms with van der Waals surface area (Å²) in [4.78, 5) is 11.9. The zero-order valence-corrected chi connectivity index (χ0v) is 15.6. The van der Waals surface area contributed by atoms with Crippen molar-refractivity contribution in [1.82, 2.24) is 0 Å². The smallest absolute Gasteiger partial charge is 0.313 e. The lowest BCUT2D eigenvalue weighted by Crippen LogP contribution is -2.27. The average molecular weight is 356 g/mol. The van der Waals surface area contributed by atoms with Crippen molar-refractivity contribution in [2.75, 3.05) is 6.16 Å². The van der Waals surface area contributed by atoms with Crippen LogP contribution in [0.4, 0.5) is 0 Å². The maximum absolute atomic E-state index is 11.9. The first-order valence-electron chi connectivity index (χ1n) is 8.58. The highest BCUT2D eigenvalue weighted by atomic mass is 31.1. The second kappa shape index (κ2) is 6.95. The predicted octanol–water partition coefficient (Wildman–Crippen LogP) is 3.31. The molecule has 2 aliphatic rings. The molecule has 2 fully saturated rings. The first-order chi connectivity index (χ1) is 11.7. The van der Waals surface area contributed by atoms with E-state index in [4.69, 9.17) is 4.74 Å². The van der Waals surface area contributed by atoms with E-state index in [1.807, 2.05) is 0 Å². The molecule has 0 N–H and O–H groups in total. The van der Waals surface area contributed by atoms with Gasteiger partial charge in [-0.3, -0.25) is 4.79 Å². The van der Waals surface area contributed by atoms with Gasteiger partial charge in [-0.1, -0.05) is 60.7 Å². The Balaban J connectivity index is 1.62. The number of hydrogen-bond donors (Lipinski definition) is 0. The molecule has 0 bridgehead atoms. The van der Waals surface area contributed by atoms with Gasteiger partial charge in [0.1, 0.15) is 6.10 Å². The molecule has 4 heteroatoms. The van der Waals surface area contributed by atoms with Crippen molar-refractivity contribution in [3.8, 4) is 0 Å². The first-order valence-corrected chi connectivity index (χ1v) is 10.8. The molecule has 4 rings (SSSR count).